The van der Waals surface area contributed by atoms with Gasteiger partial charge in [0.05, 0.1) is 11.3 Å². The Morgan fingerprint density at radius 1 is 1.14 bits per heavy atom. The van der Waals surface area contributed by atoms with E-state index in [1.165, 1.54) is 0 Å². The molecule has 0 aliphatic heterocycles. The molecule has 2 N–H and O–H groups in total. The Kier molecular flexibility index (Phi) is 3.70. The van der Waals surface area contributed by atoms with Crippen molar-refractivity contribution in [2.75, 3.05) is 0 Å². The van der Waals surface area contributed by atoms with Crippen LogP contribution in [0.25, 0.3) is 0 Å². The fraction of sp³-hybridized carbons (Fsp3) is 0.529. The van der Waals surface area contributed by atoms with Crippen LogP contribution in [0.5, 0.6) is 0 Å². The summed E-state index contributed by atoms with van der Waals surface area (Å²) in [4.78, 5) is 23.7. The van der Waals surface area contributed by atoms with Gasteiger partial charge in [0.25, 0.3) is 0 Å². The summed E-state index contributed by atoms with van der Waals surface area (Å²) in [7, 11) is 0. The van der Waals surface area contributed by atoms with Gasteiger partial charge in [-0.1, -0.05) is 36.8 Å². The Bertz CT molecular complexity index is 536. The fourth-order valence-corrected chi connectivity index (χ4v) is 3.59. The van der Waals surface area contributed by atoms with Crippen LogP contribution >= 0.6 is 0 Å². The number of benzene rings is 1. The topological polar surface area (TPSA) is 66.4 Å². The van der Waals surface area contributed by atoms with Crippen molar-refractivity contribution in [3.05, 3.63) is 35.9 Å². The number of aliphatic carboxylic acids is 1. The first kappa shape index (κ1) is 14.1. The Balaban J connectivity index is 1.69. The van der Waals surface area contributed by atoms with Crippen LogP contribution in [0.15, 0.2) is 30.3 Å². The molecule has 0 bridgehead atoms. The van der Waals surface area contributed by atoms with Gasteiger partial charge in [0, 0.05) is 6.04 Å². The van der Waals surface area contributed by atoms with Crippen molar-refractivity contribution in [1.29, 1.82) is 0 Å². The molecule has 0 saturated heterocycles. The molecule has 0 aromatic heterocycles. The predicted molar refractivity (Wildman–Crippen MR) is 78.9 cm³/mol. The van der Waals surface area contributed by atoms with Crippen LogP contribution in [-0.2, 0) is 15.0 Å². The highest BCUT2D eigenvalue weighted by Gasteiger charge is 2.46. The van der Waals surface area contributed by atoms with E-state index in [1.807, 2.05) is 30.3 Å². The summed E-state index contributed by atoms with van der Waals surface area (Å²) in [6.45, 7) is 0. The quantitative estimate of drug-likeness (QED) is 0.894. The lowest BCUT2D eigenvalue weighted by Gasteiger charge is -2.41. The van der Waals surface area contributed by atoms with E-state index >= 15 is 0 Å². The van der Waals surface area contributed by atoms with E-state index in [0.717, 1.165) is 31.2 Å². The third-order valence-electron chi connectivity index (χ3n) is 5.09. The van der Waals surface area contributed by atoms with Gasteiger partial charge in [-0.2, -0.15) is 0 Å². The lowest BCUT2D eigenvalue weighted by Crippen LogP contribution is -2.51. The van der Waals surface area contributed by atoms with E-state index in [9.17, 15) is 9.59 Å². The van der Waals surface area contributed by atoms with Gasteiger partial charge in [0.2, 0.25) is 5.91 Å². The molecule has 2 aliphatic rings. The van der Waals surface area contributed by atoms with Crippen molar-refractivity contribution in [2.45, 2.75) is 50.0 Å². The van der Waals surface area contributed by atoms with E-state index < -0.39 is 5.97 Å². The summed E-state index contributed by atoms with van der Waals surface area (Å²) in [5.41, 5.74) is 0.698. The van der Waals surface area contributed by atoms with E-state index in [2.05, 4.69) is 5.32 Å². The van der Waals surface area contributed by atoms with Gasteiger partial charge in [-0.05, 0) is 37.7 Å². The smallest absolute Gasteiger partial charge is 0.306 e. The van der Waals surface area contributed by atoms with Crippen LogP contribution in [0.1, 0.15) is 44.1 Å². The number of carboxylic acid groups (broad SMARTS) is 1. The van der Waals surface area contributed by atoms with Crippen LogP contribution in [0.2, 0.25) is 0 Å². The van der Waals surface area contributed by atoms with Crippen molar-refractivity contribution < 1.29 is 14.7 Å². The van der Waals surface area contributed by atoms with Crippen LogP contribution in [0.3, 0.4) is 0 Å². The molecule has 2 fully saturated rings. The average Bonchev–Trinajstić information content (AvgIpc) is 2.87. The summed E-state index contributed by atoms with van der Waals surface area (Å²) < 4.78 is 0. The zero-order chi connectivity index (χ0) is 14.9. The number of nitrogens with one attached hydrogen (secondary N) is 1. The third-order valence-corrected chi connectivity index (χ3v) is 5.09. The van der Waals surface area contributed by atoms with Crippen molar-refractivity contribution in [1.82, 2.24) is 5.32 Å². The molecule has 1 aromatic rings. The number of hydrogen-bond donors (Lipinski definition) is 2. The Morgan fingerprint density at radius 3 is 2.38 bits per heavy atom. The van der Waals surface area contributed by atoms with Crippen molar-refractivity contribution >= 4 is 11.9 Å². The van der Waals surface area contributed by atoms with Crippen molar-refractivity contribution in [2.24, 2.45) is 5.92 Å². The normalized spacial score (nSPS) is 26.9. The summed E-state index contributed by atoms with van der Waals surface area (Å²) in [5.74, 6) is -0.964. The second-order valence-electron chi connectivity index (χ2n) is 6.32. The molecule has 112 valence electrons. The number of rotatable bonds is 4. The van der Waals surface area contributed by atoms with E-state index in [0.29, 0.717) is 12.8 Å². The molecule has 0 heterocycles. The SMILES string of the molecule is O=C(O)[C@@H]1CC[C@H](NC(=O)C2(c3ccccc3)CCC2)C1. The predicted octanol–water partition coefficient (Wildman–Crippen LogP) is 2.48. The minimum Gasteiger partial charge on any atom is -0.481 e. The summed E-state index contributed by atoms with van der Waals surface area (Å²) >= 11 is 0. The monoisotopic (exact) mass is 287 g/mol. The van der Waals surface area contributed by atoms with Crippen LogP contribution < -0.4 is 5.32 Å². The molecule has 2 saturated carbocycles. The number of carbonyl (C=O) groups is 2. The second kappa shape index (κ2) is 5.51. The number of carbonyl (C=O) groups excluding carboxylic acids is 1. The van der Waals surface area contributed by atoms with Crippen LogP contribution in [0.4, 0.5) is 0 Å². The maximum Gasteiger partial charge on any atom is 0.306 e. The highest BCUT2D eigenvalue weighted by Crippen LogP contribution is 2.44. The summed E-state index contributed by atoms with van der Waals surface area (Å²) in [6, 6.07) is 9.96. The van der Waals surface area contributed by atoms with Gasteiger partial charge in [0.1, 0.15) is 0 Å². The Labute approximate surface area is 124 Å². The molecular formula is C17H21NO3. The van der Waals surface area contributed by atoms with Gasteiger partial charge in [0.15, 0.2) is 0 Å². The number of hydrogen-bond acceptors (Lipinski definition) is 2. The largest absolute Gasteiger partial charge is 0.481 e. The van der Waals surface area contributed by atoms with Gasteiger partial charge in [-0.3, -0.25) is 9.59 Å². The molecule has 3 rings (SSSR count). The maximum atomic E-state index is 12.7. The lowest BCUT2D eigenvalue weighted by atomic mass is 9.63. The van der Waals surface area contributed by atoms with Gasteiger partial charge in [-0.25, -0.2) is 0 Å². The molecule has 0 radical (unpaired) electrons. The van der Waals surface area contributed by atoms with E-state index in [4.69, 9.17) is 5.11 Å². The fourth-order valence-electron chi connectivity index (χ4n) is 3.59. The minimum absolute atomic E-state index is 0.0137. The molecular weight excluding hydrogens is 266 g/mol. The molecule has 21 heavy (non-hydrogen) atoms. The Morgan fingerprint density at radius 2 is 1.86 bits per heavy atom. The minimum atomic E-state index is -0.742. The van der Waals surface area contributed by atoms with Crippen LogP contribution in [-0.4, -0.2) is 23.0 Å². The number of amides is 1. The first-order chi connectivity index (χ1) is 10.1. The first-order valence-corrected chi connectivity index (χ1v) is 7.71. The van der Waals surface area contributed by atoms with E-state index in [-0.39, 0.29) is 23.3 Å². The van der Waals surface area contributed by atoms with Crippen molar-refractivity contribution in [3.8, 4) is 0 Å². The summed E-state index contributed by atoms with van der Waals surface area (Å²) in [6.07, 6.45) is 4.85. The zero-order valence-corrected chi connectivity index (χ0v) is 12.0. The van der Waals surface area contributed by atoms with E-state index in [1.54, 1.807) is 0 Å². The molecule has 1 amide bonds. The standard InChI is InChI=1S/C17H21NO3/c19-15(20)12-7-8-14(11-12)18-16(21)17(9-4-10-17)13-5-2-1-3-6-13/h1-3,5-6,12,14H,4,7-11H2,(H,18,21)(H,19,20)/t12-,14+/m1/s1. The summed E-state index contributed by atoms with van der Waals surface area (Å²) in [5, 5.41) is 12.2. The highest BCUT2D eigenvalue weighted by molar-refractivity contribution is 5.89. The molecule has 4 heteroatoms. The molecule has 0 unspecified atom stereocenters. The van der Waals surface area contributed by atoms with Crippen molar-refractivity contribution in [3.63, 3.8) is 0 Å². The molecule has 1 aromatic carbocycles. The number of carboxylic acids is 1. The molecule has 2 aliphatic carbocycles. The molecule has 2 atom stereocenters. The third kappa shape index (κ3) is 2.55. The molecule has 4 nitrogen and oxygen atoms in total. The second-order valence-corrected chi connectivity index (χ2v) is 6.32. The van der Waals surface area contributed by atoms with Gasteiger partial charge >= 0.3 is 5.97 Å². The lowest BCUT2D eigenvalue weighted by molar-refractivity contribution is -0.141. The Hall–Kier alpha value is -1.84. The van der Waals surface area contributed by atoms with Gasteiger partial charge < -0.3 is 10.4 Å². The van der Waals surface area contributed by atoms with Gasteiger partial charge in [-0.15, -0.1) is 0 Å². The first-order valence-electron chi connectivity index (χ1n) is 7.71. The maximum absolute atomic E-state index is 12.7. The zero-order valence-electron chi connectivity index (χ0n) is 12.0. The van der Waals surface area contributed by atoms with Crippen LogP contribution in [0, 0.1) is 5.92 Å². The molecule has 0 spiro atoms. The average molecular weight is 287 g/mol. The highest BCUT2D eigenvalue weighted by atomic mass is 16.4.